The van der Waals surface area contributed by atoms with Crippen LogP contribution >= 0.6 is 35.1 Å². The van der Waals surface area contributed by atoms with Gasteiger partial charge in [0.2, 0.25) is 5.91 Å². The monoisotopic (exact) mass is 225 g/mol. The van der Waals surface area contributed by atoms with Crippen molar-refractivity contribution in [1.29, 1.82) is 0 Å². The summed E-state index contributed by atoms with van der Waals surface area (Å²) in [5.41, 5.74) is 0. The standard InChI is InChI=1S/C7H12ClNOS2/c8-3-7(10)9-4-6-5-11-1-2-12-6/h6H,1-5H2,(H,9,10). The average molecular weight is 226 g/mol. The van der Waals surface area contributed by atoms with Gasteiger partial charge < -0.3 is 5.32 Å². The summed E-state index contributed by atoms with van der Waals surface area (Å²) in [4.78, 5) is 10.8. The Kier molecular flexibility index (Phi) is 5.27. The molecule has 1 amide bonds. The number of hydrogen-bond donors (Lipinski definition) is 1. The lowest BCUT2D eigenvalue weighted by atomic mass is 10.4. The Morgan fingerprint density at radius 1 is 1.58 bits per heavy atom. The molecule has 1 aliphatic heterocycles. The molecular weight excluding hydrogens is 214 g/mol. The normalized spacial score (nSPS) is 23.6. The van der Waals surface area contributed by atoms with Gasteiger partial charge in [0.1, 0.15) is 5.88 Å². The Morgan fingerprint density at radius 3 is 3.00 bits per heavy atom. The smallest absolute Gasteiger partial charge is 0.234 e. The summed E-state index contributed by atoms with van der Waals surface area (Å²) in [5, 5.41) is 3.38. The third kappa shape index (κ3) is 3.92. The fourth-order valence-corrected chi connectivity index (χ4v) is 3.64. The van der Waals surface area contributed by atoms with Crippen molar-refractivity contribution in [3.05, 3.63) is 0 Å². The van der Waals surface area contributed by atoms with E-state index in [0.717, 1.165) is 12.3 Å². The Bertz CT molecular complexity index is 150. The van der Waals surface area contributed by atoms with Crippen molar-refractivity contribution in [2.75, 3.05) is 29.7 Å². The molecule has 0 aliphatic carbocycles. The van der Waals surface area contributed by atoms with Crippen LogP contribution in [0.3, 0.4) is 0 Å². The summed E-state index contributed by atoms with van der Waals surface area (Å²) < 4.78 is 0. The van der Waals surface area contributed by atoms with Gasteiger partial charge in [0.25, 0.3) is 0 Å². The van der Waals surface area contributed by atoms with Gasteiger partial charge in [0.05, 0.1) is 0 Å². The maximum atomic E-state index is 10.8. The average Bonchev–Trinajstić information content (AvgIpc) is 2.16. The highest BCUT2D eigenvalue weighted by atomic mass is 35.5. The van der Waals surface area contributed by atoms with Crippen LogP contribution in [0, 0.1) is 0 Å². The minimum absolute atomic E-state index is 0.0622. The Hall–Kier alpha value is 0.460. The zero-order valence-corrected chi connectivity index (χ0v) is 9.10. The highest BCUT2D eigenvalue weighted by molar-refractivity contribution is 8.06. The molecule has 70 valence electrons. The zero-order valence-electron chi connectivity index (χ0n) is 6.72. The molecule has 1 fully saturated rings. The summed E-state index contributed by atoms with van der Waals surface area (Å²) in [7, 11) is 0. The molecule has 0 aromatic carbocycles. The van der Waals surface area contributed by atoms with Gasteiger partial charge in [-0.3, -0.25) is 4.79 Å². The number of carbonyl (C=O) groups is 1. The van der Waals surface area contributed by atoms with Crippen molar-refractivity contribution < 1.29 is 4.79 Å². The highest BCUT2D eigenvalue weighted by Crippen LogP contribution is 2.23. The van der Waals surface area contributed by atoms with Crippen molar-refractivity contribution in [2.24, 2.45) is 0 Å². The molecule has 1 saturated heterocycles. The van der Waals surface area contributed by atoms with Gasteiger partial charge in [-0.1, -0.05) is 0 Å². The first-order valence-electron chi connectivity index (χ1n) is 3.85. The molecule has 1 aliphatic rings. The van der Waals surface area contributed by atoms with Crippen LogP contribution in [0.2, 0.25) is 0 Å². The minimum Gasteiger partial charge on any atom is -0.354 e. The van der Waals surface area contributed by atoms with E-state index in [2.05, 4.69) is 5.32 Å². The Labute approximate surface area is 86.2 Å². The summed E-state index contributed by atoms with van der Waals surface area (Å²) >= 11 is 9.24. The quantitative estimate of drug-likeness (QED) is 0.732. The number of amides is 1. The van der Waals surface area contributed by atoms with E-state index >= 15 is 0 Å². The van der Waals surface area contributed by atoms with Gasteiger partial charge >= 0.3 is 0 Å². The lowest BCUT2D eigenvalue weighted by Gasteiger charge is -2.20. The first-order chi connectivity index (χ1) is 5.83. The molecule has 0 aromatic rings. The maximum Gasteiger partial charge on any atom is 0.234 e. The second kappa shape index (κ2) is 6.00. The molecule has 0 aromatic heterocycles. The largest absolute Gasteiger partial charge is 0.354 e. The minimum atomic E-state index is -0.0622. The summed E-state index contributed by atoms with van der Waals surface area (Å²) in [5.74, 6) is 3.60. The van der Waals surface area contributed by atoms with E-state index < -0.39 is 0 Å². The van der Waals surface area contributed by atoms with E-state index in [1.165, 1.54) is 11.5 Å². The molecular formula is C7H12ClNOS2. The lowest BCUT2D eigenvalue weighted by Crippen LogP contribution is -2.34. The van der Waals surface area contributed by atoms with Gasteiger partial charge in [-0.15, -0.1) is 11.6 Å². The molecule has 1 N–H and O–H groups in total. The number of hydrogen-bond acceptors (Lipinski definition) is 3. The van der Waals surface area contributed by atoms with Gasteiger partial charge in [-0.25, -0.2) is 0 Å². The second-order valence-electron chi connectivity index (χ2n) is 2.51. The number of rotatable bonds is 3. The molecule has 0 radical (unpaired) electrons. The Balaban J connectivity index is 2.09. The summed E-state index contributed by atoms with van der Waals surface area (Å²) in [6.07, 6.45) is 0. The van der Waals surface area contributed by atoms with Crippen molar-refractivity contribution in [3.8, 4) is 0 Å². The van der Waals surface area contributed by atoms with Crippen molar-refractivity contribution >= 4 is 41.0 Å². The number of halogens is 1. The van der Waals surface area contributed by atoms with Crippen molar-refractivity contribution in [2.45, 2.75) is 5.25 Å². The number of carbonyl (C=O) groups excluding carboxylic acids is 1. The van der Waals surface area contributed by atoms with Crippen molar-refractivity contribution in [1.82, 2.24) is 5.32 Å². The molecule has 12 heavy (non-hydrogen) atoms. The zero-order chi connectivity index (χ0) is 8.81. The van der Waals surface area contributed by atoms with Gasteiger partial charge in [0, 0.05) is 29.1 Å². The summed E-state index contributed by atoms with van der Waals surface area (Å²) in [6.45, 7) is 0.767. The molecule has 1 atom stereocenters. The lowest BCUT2D eigenvalue weighted by molar-refractivity contribution is -0.118. The van der Waals surface area contributed by atoms with Crippen LogP contribution < -0.4 is 5.32 Å². The van der Waals surface area contributed by atoms with Crippen LogP contribution in [0.5, 0.6) is 0 Å². The van der Waals surface area contributed by atoms with Gasteiger partial charge in [0.15, 0.2) is 0 Å². The van der Waals surface area contributed by atoms with Crippen LogP contribution in [0.25, 0.3) is 0 Å². The number of alkyl halides is 1. The highest BCUT2D eigenvalue weighted by Gasteiger charge is 2.14. The molecule has 0 bridgehead atoms. The first-order valence-corrected chi connectivity index (χ1v) is 6.58. The van der Waals surface area contributed by atoms with E-state index in [1.807, 2.05) is 23.5 Å². The molecule has 5 heteroatoms. The van der Waals surface area contributed by atoms with Crippen LogP contribution in [-0.4, -0.2) is 40.8 Å². The van der Waals surface area contributed by atoms with Gasteiger partial charge in [-0.2, -0.15) is 23.5 Å². The molecule has 1 heterocycles. The third-order valence-corrected chi connectivity index (χ3v) is 4.62. The van der Waals surface area contributed by atoms with E-state index in [4.69, 9.17) is 11.6 Å². The van der Waals surface area contributed by atoms with Gasteiger partial charge in [-0.05, 0) is 0 Å². The number of nitrogens with one attached hydrogen (secondary N) is 1. The molecule has 0 saturated carbocycles. The predicted molar refractivity (Wildman–Crippen MR) is 57.3 cm³/mol. The van der Waals surface area contributed by atoms with E-state index in [-0.39, 0.29) is 11.8 Å². The molecule has 1 unspecified atom stereocenters. The molecule has 0 spiro atoms. The van der Waals surface area contributed by atoms with E-state index in [1.54, 1.807) is 0 Å². The number of thioether (sulfide) groups is 2. The van der Waals surface area contributed by atoms with E-state index in [9.17, 15) is 4.79 Å². The third-order valence-electron chi connectivity index (χ3n) is 1.53. The molecule has 1 rings (SSSR count). The van der Waals surface area contributed by atoms with Crippen LogP contribution in [0.1, 0.15) is 0 Å². The molecule has 2 nitrogen and oxygen atoms in total. The van der Waals surface area contributed by atoms with Crippen LogP contribution in [0.4, 0.5) is 0 Å². The van der Waals surface area contributed by atoms with Crippen molar-refractivity contribution in [3.63, 3.8) is 0 Å². The van der Waals surface area contributed by atoms with Crippen LogP contribution in [0.15, 0.2) is 0 Å². The second-order valence-corrected chi connectivity index (χ2v) is 5.33. The predicted octanol–water partition coefficient (Wildman–Crippen LogP) is 1.19. The maximum absolute atomic E-state index is 10.8. The van der Waals surface area contributed by atoms with Crippen LogP contribution in [-0.2, 0) is 4.79 Å². The Morgan fingerprint density at radius 2 is 2.42 bits per heavy atom. The fourth-order valence-electron chi connectivity index (χ4n) is 0.929. The summed E-state index contributed by atoms with van der Waals surface area (Å²) in [6, 6.07) is 0. The topological polar surface area (TPSA) is 29.1 Å². The SMILES string of the molecule is O=C(CCl)NCC1CSCCS1. The fraction of sp³-hybridized carbons (Fsp3) is 0.857. The van der Waals surface area contributed by atoms with E-state index in [0.29, 0.717) is 5.25 Å². The first kappa shape index (κ1) is 10.5.